The van der Waals surface area contributed by atoms with Gasteiger partial charge in [0, 0.05) is 10.5 Å². The molecule has 0 fully saturated rings. The third-order valence-corrected chi connectivity index (χ3v) is 4.14. The highest BCUT2D eigenvalue weighted by Gasteiger charge is 2.06. The smallest absolute Gasteiger partial charge is 0.102 e. The van der Waals surface area contributed by atoms with Crippen LogP contribution in [0.25, 0.3) is 0 Å². The van der Waals surface area contributed by atoms with Gasteiger partial charge < -0.3 is 0 Å². The van der Waals surface area contributed by atoms with Crippen LogP contribution in [0.5, 0.6) is 0 Å². The van der Waals surface area contributed by atoms with E-state index in [1.807, 2.05) is 0 Å². The molecule has 0 bridgehead atoms. The third-order valence-electron chi connectivity index (χ3n) is 0.819. The molecule has 10 heavy (non-hydrogen) atoms. The van der Waals surface area contributed by atoms with Gasteiger partial charge in [-0.2, -0.15) is 0 Å². The van der Waals surface area contributed by atoms with Crippen LogP contribution in [0, 0.1) is 0 Å². The van der Waals surface area contributed by atoms with Crippen molar-refractivity contribution in [1.29, 1.82) is 0 Å². The second-order valence-corrected chi connectivity index (χ2v) is 5.27. The Morgan fingerprint density at radius 3 is 1.50 bits per heavy atom. The molecule has 0 aromatic carbocycles. The summed E-state index contributed by atoms with van der Waals surface area (Å²) in [6.45, 7) is 2.92. The Balaban J connectivity index is 3.17. The molecule has 0 nitrogen and oxygen atoms in total. The molecule has 0 aliphatic carbocycles. The van der Waals surface area contributed by atoms with Crippen molar-refractivity contribution in [1.82, 2.24) is 0 Å². The van der Waals surface area contributed by atoms with E-state index in [0.717, 1.165) is 0 Å². The molecule has 0 aromatic heterocycles. The minimum Gasteiger partial charge on any atom is -0.250 e. The lowest BCUT2D eigenvalue weighted by atomic mass is 10.5. The minimum absolute atomic E-state index is 0.0148. The maximum absolute atomic E-state index is 11.8. The second-order valence-electron chi connectivity index (χ2n) is 2.12. The van der Waals surface area contributed by atoms with Crippen LogP contribution in [0.2, 0.25) is 0 Å². The van der Waals surface area contributed by atoms with Gasteiger partial charge in [-0.25, -0.2) is 8.78 Å². The van der Waals surface area contributed by atoms with Gasteiger partial charge in [-0.3, -0.25) is 0 Å². The molecular weight excluding hydrogens is 174 g/mol. The average Bonchev–Trinajstić information content (AvgIpc) is 1.99. The van der Waals surface area contributed by atoms with Crippen LogP contribution in [-0.2, 0) is 0 Å². The molecule has 62 valence electrons. The molecule has 0 saturated carbocycles. The summed E-state index contributed by atoms with van der Waals surface area (Å²) < 4.78 is 23.6. The van der Waals surface area contributed by atoms with Crippen LogP contribution in [0.1, 0.15) is 13.8 Å². The Labute approximate surface area is 68.5 Å². The largest absolute Gasteiger partial charge is 0.250 e. The van der Waals surface area contributed by atoms with Gasteiger partial charge in [0.1, 0.15) is 13.3 Å². The fourth-order valence-corrected chi connectivity index (χ4v) is 2.17. The van der Waals surface area contributed by atoms with Crippen LogP contribution in [0.4, 0.5) is 8.78 Å². The number of rotatable bonds is 5. The SMILES string of the molecule is CC(CF)SSC(C)CF. The van der Waals surface area contributed by atoms with Crippen LogP contribution >= 0.6 is 21.6 Å². The van der Waals surface area contributed by atoms with Gasteiger partial charge in [0.25, 0.3) is 0 Å². The first-order valence-electron chi connectivity index (χ1n) is 3.14. The van der Waals surface area contributed by atoms with Crippen molar-refractivity contribution in [3.8, 4) is 0 Å². The maximum Gasteiger partial charge on any atom is 0.102 e. The van der Waals surface area contributed by atoms with Gasteiger partial charge in [0.15, 0.2) is 0 Å². The van der Waals surface area contributed by atoms with Crippen molar-refractivity contribution in [3.05, 3.63) is 0 Å². The molecule has 0 aliphatic heterocycles. The summed E-state index contributed by atoms with van der Waals surface area (Å²) in [6, 6.07) is 0. The van der Waals surface area contributed by atoms with Gasteiger partial charge in [0.2, 0.25) is 0 Å². The maximum atomic E-state index is 11.8. The van der Waals surface area contributed by atoms with Crippen LogP contribution in [0.15, 0.2) is 0 Å². The molecule has 0 radical (unpaired) electrons. The summed E-state index contributed by atoms with van der Waals surface area (Å²) in [5.74, 6) is 0. The summed E-state index contributed by atoms with van der Waals surface area (Å²) >= 11 is 0. The molecular formula is C6H12F2S2. The summed E-state index contributed by atoms with van der Waals surface area (Å²) in [6.07, 6.45) is 0. The first-order valence-corrected chi connectivity index (χ1v) is 5.42. The highest BCUT2D eigenvalue weighted by molar-refractivity contribution is 8.77. The number of hydrogen-bond donors (Lipinski definition) is 0. The first kappa shape index (κ1) is 10.6. The van der Waals surface area contributed by atoms with Crippen molar-refractivity contribution < 1.29 is 8.78 Å². The summed E-state index contributed by atoms with van der Waals surface area (Å²) in [5.41, 5.74) is 0. The molecule has 0 rings (SSSR count). The van der Waals surface area contributed by atoms with E-state index in [-0.39, 0.29) is 23.8 Å². The van der Waals surface area contributed by atoms with Gasteiger partial charge in [-0.1, -0.05) is 21.6 Å². The zero-order chi connectivity index (χ0) is 7.98. The van der Waals surface area contributed by atoms with Crippen molar-refractivity contribution in [2.75, 3.05) is 13.3 Å². The quantitative estimate of drug-likeness (QED) is 0.605. The first-order chi connectivity index (χ1) is 4.70. The molecule has 0 aliphatic rings. The fraction of sp³-hybridized carbons (Fsp3) is 1.00. The molecule has 0 N–H and O–H groups in total. The van der Waals surface area contributed by atoms with E-state index in [1.165, 1.54) is 21.6 Å². The molecule has 0 saturated heterocycles. The Kier molecular flexibility index (Phi) is 6.63. The Hall–Kier alpha value is 0.560. The highest BCUT2D eigenvalue weighted by Crippen LogP contribution is 2.30. The monoisotopic (exact) mass is 186 g/mol. The summed E-state index contributed by atoms with van der Waals surface area (Å²) in [5, 5.41) is -0.0296. The van der Waals surface area contributed by atoms with E-state index in [0.29, 0.717) is 0 Å². The minimum atomic E-state index is -0.337. The molecule has 4 heteroatoms. The van der Waals surface area contributed by atoms with Crippen LogP contribution < -0.4 is 0 Å². The van der Waals surface area contributed by atoms with E-state index in [4.69, 9.17) is 0 Å². The molecule has 0 amide bonds. The Morgan fingerprint density at radius 1 is 1.00 bits per heavy atom. The predicted octanol–water partition coefficient (Wildman–Crippen LogP) is 3.08. The zero-order valence-electron chi connectivity index (χ0n) is 6.14. The summed E-state index contributed by atoms with van der Waals surface area (Å²) in [7, 11) is 2.82. The molecule has 2 unspecified atom stereocenters. The van der Waals surface area contributed by atoms with E-state index >= 15 is 0 Å². The van der Waals surface area contributed by atoms with Gasteiger partial charge in [-0.15, -0.1) is 0 Å². The normalized spacial score (nSPS) is 16.8. The lowest BCUT2D eigenvalue weighted by Gasteiger charge is -2.08. The average molecular weight is 186 g/mol. The molecule has 0 aromatic rings. The summed E-state index contributed by atoms with van der Waals surface area (Å²) in [4.78, 5) is 0. The molecule has 0 heterocycles. The van der Waals surface area contributed by atoms with E-state index < -0.39 is 0 Å². The number of halogens is 2. The third kappa shape index (κ3) is 5.35. The lowest BCUT2D eigenvalue weighted by Crippen LogP contribution is -2.00. The predicted molar refractivity (Wildman–Crippen MR) is 46.1 cm³/mol. The van der Waals surface area contributed by atoms with E-state index in [2.05, 4.69) is 0 Å². The van der Waals surface area contributed by atoms with Crippen molar-refractivity contribution in [3.63, 3.8) is 0 Å². The van der Waals surface area contributed by atoms with Crippen molar-refractivity contribution in [2.45, 2.75) is 24.3 Å². The zero-order valence-corrected chi connectivity index (χ0v) is 7.77. The standard InChI is InChI=1S/C6H12F2S2/c1-5(3-7)9-10-6(2)4-8/h5-6H,3-4H2,1-2H3. The Morgan fingerprint density at radius 2 is 1.30 bits per heavy atom. The van der Waals surface area contributed by atoms with Gasteiger partial charge in [-0.05, 0) is 13.8 Å². The van der Waals surface area contributed by atoms with Crippen LogP contribution in [0.3, 0.4) is 0 Å². The number of alkyl halides is 2. The van der Waals surface area contributed by atoms with Gasteiger partial charge >= 0.3 is 0 Å². The lowest BCUT2D eigenvalue weighted by molar-refractivity contribution is 0.493. The molecule has 2 atom stereocenters. The molecule has 0 spiro atoms. The fourth-order valence-electron chi connectivity index (χ4n) is 0.241. The second kappa shape index (κ2) is 6.28. The van der Waals surface area contributed by atoms with E-state index in [1.54, 1.807) is 13.8 Å². The Bertz CT molecular complexity index is 70.1. The van der Waals surface area contributed by atoms with Crippen LogP contribution in [-0.4, -0.2) is 23.8 Å². The van der Waals surface area contributed by atoms with E-state index in [9.17, 15) is 8.78 Å². The topological polar surface area (TPSA) is 0 Å². The highest BCUT2D eigenvalue weighted by atomic mass is 33.1. The van der Waals surface area contributed by atoms with Gasteiger partial charge in [0.05, 0.1) is 0 Å². The van der Waals surface area contributed by atoms with Crippen molar-refractivity contribution >= 4 is 21.6 Å². The van der Waals surface area contributed by atoms with Crippen molar-refractivity contribution in [2.24, 2.45) is 0 Å². The number of hydrogen-bond acceptors (Lipinski definition) is 2.